The van der Waals surface area contributed by atoms with Crippen molar-refractivity contribution in [1.29, 1.82) is 0 Å². The molecule has 3 aromatic carbocycles. The lowest BCUT2D eigenvalue weighted by Crippen LogP contribution is -2.46. The van der Waals surface area contributed by atoms with E-state index in [-0.39, 0.29) is 5.91 Å². The summed E-state index contributed by atoms with van der Waals surface area (Å²) < 4.78 is 5.74. The number of halogens is 1. The number of hydrogen-bond acceptors (Lipinski definition) is 4. The van der Waals surface area contributed by atoms with Crippen LogP contribution in [0.3, 0.4) is 0 Å². The van der Waals surface area contributed by atoms with Crippen LogP contribution in [-0.2, 0) is 6.54 Å². The lowest BCUT2D eigenvalue weighted by Gasteiger charge is -2.36. The van der Waals surface area contributed by atoms with Gasteiger partial charge in [0.15, 0.2) is 0 Å². The van der Waals surface area contributed by atoms with Crippen molar-refractivity contribution >= 4 is 28.9 Å². The number of ether oxygens (including phenoxy) is 1. The molecule has 178 valence electrons. The molecule has 1 aliphatic rings. The zero-order valence-electron chi connectivity index (χ0n) is 19.8. The van der Waals surface area contributed by atoms with Crippen molar-refractivity contribution in [2.75, 3.05) is 43.0 Å². The fourth-order valence-electron chi connectivity index (χ4n) is 3.98. The van der Waals surface area contributed by atoms with Gasteiger partial charge in [-0.15, -0.1) is 0 Å². The number of hydrogen-bond donors (Lipinski definition) is 1. The number of rotatable bonds is 8. The Bertz CT molecular complexity index is 1090. The van der Waals surface area contributed by atoms with E-state index in [1.807, 2.05) is 42.5 Å². The minimum absolute atomic E-state index is 0.143. The minimum atomic E-state index is -0.143. The third kappa shape index (κ3) is 6.52. The maximum absolute atomic E-state index is 12.7. The summed E-state index contributed by atoms with van der Waals surface area (Å²) in [5.41, 5.74) is 3.70. The van der Waals surface area contributed by atoms with Crippen LogP contribution in [0.5, 0.6) is 5.75 Å². The van der Waals surface area contributed by atoms with E-state index in [2.05, 4.69) is 47.2 Å². The molecule has 5 nitrogen and oxygen atoms in total. The van der Waals surface area contributed by atoms with Gasteiger partial charge in [-0.1, -0.05) is 49.7 Å². The van der Waals surface area contributed by atoms with Crippen molar-refractivity contribution in [2.24, 2.45) is 5.92 Å². The lowest BCUT2D eigenvalue weighted by atomic mass is 10.1. The van der Waals surface area contributed by atoms with Crippen LogP contribution in [0.2, 0.25) is 5.02 Å². The normalized spacial score (nSPS) is 14.3. The van der Waals surface area contributed by atoms with Gasteiger partial charge >= 0.3 is 0 Å². The van der Waals surface area contributed by atoms with Crippen LogP contribution in [0.1, 0.15) is 29.8 Å². The quantitative estimate of drug-likeness (QED) is 0.435. The molecular formula is C28H32ClN3O2. The number of carbonyl (C=O) groups excluding carboxylic acids is 1. The topological polar surface area (TPSA) is 44.8 Å². The van der Waals surface area contributed by atoms with E-state index in [1.165, 1.54) is 11.3 Å². The first kappa shape index (κ1) is 24.1. The predicted molar refractivity (Wildman–Crippen MR) is 140 cm³/mol. The Morgan fingerprint density at radius 3 is 2.41 bits per heavy atom. The largest absolute Gasteiger partial charge is 0.493 e. The van der Waals surface area contributed by atoms with Gasteiger partial charge in [0.2, 0.25) is 0 Å². The van der Waals surface area contributed by atoms with Crippen molar-refractivity contribution in [3.8, 4) is 5.75 Å². The molecule has 0 unspecified atom stereocenters. The second kappa shape index (κ2) is 11.4. The van der Waals surface area contributed by atoms with Crippen LogP contribution in [0, 0.1) is 5.92 Å². The summed E-state index contributed by atoms with van der Waals surface area (Å²) in [6, 6.07) is 23.4. The summed E-state index contributed by atoms with van der Waals surface area (Å²) >= 11 is 6.32. The van der Waals surface area contributed by atoms with E-state index in [0.717, 1.165) is 43.4 Å². The van der Waals surface area contributed by atoms with Crippen LogP contribution in [-0.4, -0.2) is 43.6 Å². The summed E-state index contributed by atoms with van der Waals surface area (Å²) in [6.07, 6.45) is 0. The van der Waals surface area contributed by atoms with Crippen molar-refractivity contribution in [3.05, 3.63) is 88.9 Å². The van der Waals surface area contributed by atoms with Gasteiger partial charge in [0.1, 0.15) is 5.75 Å². The number of carbonyl (C=O) groups is 1. The molecule has 4 rings (SSSR count). The van der Waals surface area contributed by atoms with Crippen molar-refractivity contribution < 1.29 is 9.53 Å². The van der Waals surface area contributed by atoms with E-state index < -0.39 is 0 Å². The minimum Gasteiger partial charge on any atom is -0.493 e. The number of anilines is 2. The van der Waals surface area contributed by atoms with E-state index in [9.17, 15) is 4.79 Å². The molecule has 34 heavy (non-hydrogen) atoms. The Hall–Kier alpha value is -3.02. The summed E-state index contributed by atoms with van der Waals surface area (Å²) in [5, 5.41) is 3.82. The van der Waals surface area contributed by atoms with E-state index >= 15 is 0 Å². The van der Waals surface area contributed by atoms with Crippen LogP contribution >= 0.6 is 11.6 Å². The van der Waals surface area contributed by atoms with Gasteiger partial charge in [-0.05, 0) is 60.0 Å². The number of nitrogens with one attached hydrogen (secondary N) is 1. The van der Waals surface area contributed by atoms with E-state index in [1.54, 1.807) is 12.1 Å². The Kier molecular flexibility index (Phi) is 8.09. The number of piperazine rings is 1. The maximum Gasteiger partial charge on any atom is 0.255 e. The fraction of sp³-hybridized carbons (Fsp3) is 0.321. The second-order valence-electron chi connectivity index (χ2n) is 9.09. The molecule has 0 aliphatic carbocycles. The average Bonchev–Trinajstić information content (AvgIpc) is 2.85. The first-order chi connectivity index (χ1) is 16.5. The van der Waals surface area contributed by atoms with Gasteiger partial charge in [-0.3, -0.25) is 9.69 Å². The maximum atomic E-state index is 12.7. The average molecular weight is 478 g/mol. The Balaban J connectivity index is 1.29. The molecule has 0 aromatic heterocycles. The first-order valence-corrected chi connectivity index (χ1v) is 12.2. The number of amides is 1. The zero-order chi connectivity index (χ0) is 23.9. The molecule has 1 saturated heterocycles. The zero-order valence-corrected chi connectivity index (χ0v) is 20.6. The second-order valence-corrected chi connectivity index (χ2v) is 9.50. The molecule has 1 aliphatic heterocycles. The summed E-state index contributed by atoms with van der Waals surface area (Å²) in [6.45, 7) is 9.58. The molecule has 0 radical (unpaired) electrons. The number of benzene rings is 3. The van der Waals surface area contributed by atoms with Crippen molar-refractivity contribution in [2.45, 2.75) is 20.4 Å². The van der Waals surface area contributed by atoms with Gasteiger partial charge in [0.25, 0.3) is 5.91 Å². The fourth-order valence-corrected chi connectivity index (χ4v) is 4.18. The van der Waals surface area contributed by atoms with Crippen LogP contribution in [0.25, 0.3) is 0 Å². The smallest absolute Gasteiger partial charge is 0.255 e. The summed E-state index contributed by atoms with van der Waals surface area (Å²) in [7, 11) is 0. The van der Waals surface area contributed by atoms with Crippen molar-refractivity contribution in [1.82, 2.24) is 4.90 Å². The highest BCUT2D eigenvalue weighted by atomic mass is 35.5. The Morgan fingerprint density at radius 2 is 1.71 bits per heavy atom. The van der Waals surface area contributed by atoms with E-state index in [4.69, 9.17) is 16.3 Å². The highest BCUT2D eigenvalue weighted by Gasteiger charge is 2.18. The standard InChI is InChI=1S/C28H32ClN3O2/c1-21(2)20-34-26-8-5-7-22(18-26)28(33)30-24-10-12-25(13-11-24)32-16-14-31(15-17-32)19-23-6-3-4-9-27(23)29/h3-13,18,21H,14-17,19-20H2,1-2H3,(H,30,33). The van der Waals surface area contributed by atoms with Crippen molar-refractivity contribution in [3.63, 3.8) is 0 Å². The highest BCUT2D eigenvalue weighted by molar-refractivity contribution is 6.31. The predicted octanol–water partition coefficient (Wildman–Crippen LogP) is 5.95. The molecule has 0 bridgehead atoms. The molecule has 3 aromatic rings. The van der Waals surface area contributed by atoms with Crippen LogP contribution in [0.15, 0.2) is 72.8 Å². The Labute approximate surface area is 207 Å². The molecule has 1 fully saturated rings. The van der Waals surface area contributed by atoms with Crippen LogP contribution in [0.4, 0.5) is 11.4 Å². The van der Waals surface area contributed by atoms with Gasteiger partial charge in [0.05, 0.1) is 6.61 Å². The highest BCUT2D eigenvalue weighted by Crippen LogP contribution is 2.23. The molecule has 1 amide bonds. The van der Waals surface area contributed by atoms with Gasteiger partial charge in [0, 0.05) is 54.7 Å². The molecular weight excluding hydrogens is 446 g/mol. The van der Waals surface area contributed by atoms with Gasteiger partial charge < -0.3 is 15.0 Å². The van der Waals surface area contributed by atoms with E-state index in [0.29, 0.717) is 23.8 Å². The third-order valence-electron chi connectivity index (χ3n) is 5.89. The molecule has 0 atom stereocenters. The lowest BCUT2D eigenvalue weighted by molar-refractivity contribution is 0.102. The van der Waals surface area contributed by atoms with Gasteiger partial charge in [-0.2, -0.15) is 0 Å². The molecule has 0 saturated carbocycles. The first-order valence-electron chi connectivity index (χ1n) is 11.8. The van der Waals surface area contributed by atoms with Crippen LogP contribution < -0.4 is 15.0 Å². The molecule has 1 heterocycles. The SMILES string of the molecule is CC(C)COc1cccc(C(=O)Nc2ccc(N3CCN(Cc4ccccc4Cl)CC3)cc2)c1. The summed E-state index contributed by atoms with van der Waals surface area (Å²) in [5.74, 6) is 1.00. The van der Waals surface area contributed by atoms with Gasteiger partial charge in [-0.25, -0.2) is 0 Å². The molecule has 1 N–H and O–H groups in total. The molecule has 0 spiro atoms. The molecule has 6 heteroatoms. The Morgan fingerprint density at radius 1 is 0.971 bits per heavy atom. The monoisotopic (exact) mass is 477 g/mol. The third-order valence-corrected chi connectivity index (χ3v) is 6.26. The number of nitrogens with zero attached hydrogens (tertiary/aromatic N) is 2. The summed E-state index contributed by atoms with van der Waals surface area (Å²) in [4.78, 5) is 17.5.